The normalized spacial score (nSPS) is 12.9. The lowest BCUT2D eigenvalue weighted by Crippen LogP contribution is -2.23. The molecule has 2 aromatic rings. The Hall–Kier alpha value is -3.75. The van der Waals surface area contributed by atoms with Gasteiger partial charge in [0.25, 0.3) is 5.69 Å². The number of ketones is 2. The summed E-state index contributed by atoms with van der Waals surface area (Å²) in [6.45, 7) is 2.75. The number of Topliss-reactive ketones (excluding diaryl/α,β-unsaturated/α-hetero) is 1. The van der Waals surface area contributed by atoms with Crippen LogP contribution in [0, 0.1) is 10.1 Å². The molecular formula is C20H17NO8. The van der Waals surface area contributed by atoms with Gasteiger partial charge in [0.2, 0.25) is 6.79 Å². The Morgan fingerprint density at radius 3 is 2.34 bits per heavy atom. The van der Waals surface area contributed by atoms with Crippen LogP contribution in [0.15, 0.2) is 36.4 Å². The number of carbonyl (C=O) groups is 3. The number of nitro groups is 1. The Labute approximate surface area is 165 Å². The third-order valence-corrected chi connectivity index (χ3v) is 4.40. The fraction of sp³-hybridized carbons (Fsp3) is 0.250. The van der Waals surface area contributed by atoms with Crippen molar-refractivity contribution >= 4 is 23.2 Å². The number of esters is 1. The minimum atomic E-state index is -0.898. The summed E-state index contributed by atoms with van der Waals surface area (Å²) in [6.07, 6.45) is -1.16. The van der Waals surface area contributed by atoms with Gasteiger partial charge in [0.15, 0.2) is 29.2 Å². The van der Waals surface area contributed by atoms with Crippen LogP contribution in [0.2, 0.25) is 0 Å². The van der Waals surface area contributed by atoms with Crippen LogP contribution in [0.25, 0.3) is 0 Å². The summed E-state index contributed by atoms with van der Waals surface area (Å²) >= 11 is 0. The van der Waals surface area contributed by atoms with Gasteiger partial charge in [-0.2, -0.15) is 0 Å². The van der Waals surface area contributed by atoms with Gasteiger partial charge in [-0.25, -0.2) is 0 Å². The number of rotatable bonds is 7. The maximum Gasteiger partial charge on any atom is 0.310 e. The van der Waals surface area contributed by atoms with Crippen LogP contribution in [-0.4, -0.2) is 35.4 Å². The molecule has 1 atom stereocenters. The van der Waals surface area contributed by atoms with Gasteiger partial charge in [0.05, 0.1) is 11.3 Å². The first kappa shape index (κ1) is 20.0. The number of non-ortho nitro benzene ring substituents is 1. The molecule has 29 heavy (non-hydrogen) atoms. The summed E-state index contributed by atoms with van der Waals surface area (Å²) in [4.78, 5) is 46.8. The number of fused-ring (bicyclic) bond motifs is 1. The number of nitro benzene ring substituents is 1. The number of carbonyl (C=O) groups excluding carboxylic acids is 3. The number of nitrogens with zero attached hydrogens (tertiary/aromatic N) is 1. The third kappa shape index (κ3) is 4.40. The lowest BCUT2D eigenvalue weighted by molar-refractivity contribution is -0.384. The van der Waals surface area contributed by atoms with E-state index < -0.39 is 22.8 Å². The zero-order valence-electron chi connectivity index (χ0n) is 15.7. The average Bonchev–Trinajstić information content (AvgIpc) is 3.14. The van der Waals surface area contributed by atoms with E-state index in [4.69, 9.17) is 14.2 Å². The van der Waals surface area contributed by atoms with Gasteiger partial charge in [-0.15, -0.1) is 0 Å². The molecule has 1 unspecified atom stereocenters. The molecule has 1 aliphatic heterocycles. The van der Waals surface area contributed by atoms with Crippen LogP contribution in [0.5, 0.6) is 11.5 Å². The SMILES string of the molecule is CC(=O)C(C)OC(=O)Cc1cc2c(cc1C(=O)c1ccc([N+](=O)[O-])cc1)OCO2. The lowest BCUT2D eigenvalue weighted by Gasteiger charge is -2.13. The Bertz CT molecular complexity index is 996. The number of benzene rings is 2. The van der Waals surface area contributed by atoms with Crippen LogP contribution >= 0.6 is 0 Å². The first-order valence-electron chi connectivity index (χ1n) is 8.68. The number of hydrogen-bond acceptors (Lipinski definition) is 8. The summed E-state index contributed by atoms with van der Waals surface area (Å²) in [7, 11) is 0. The predicted molar refractivity (Wildman–Crippen MR) is 99.0 cm³/mol. The van der Waals surface area contributed by atoms with Crippen LogP contribution in [-0.2, 0) is 20.7 Å². The molecule has 150 valence electrons. The fourth-order valence-corrected chi connectivity index (χ4v) is 2.71. The Morgan fingerprint density at radius 1 is 1.14 bits per heavy atom. The van der Waals surface area contributed by atoms with Gasteiger partial charge in [-0.3, -0.25) is 24.5 Å². The van der Waals surface area contributed by atoms with E-state index in [1.165, 1.54) is 50.2 Å². The van der Waals surface area contributed by atoms with Crippen LogP contribution in [0.3, 0.4) is 0 Å². The van der Waals surface area contributed by atoms with Crippen molar-refractivity contribution < 1.29 is 33.5 Å². The van der Waals surface area contributed by atoms with Crippen molar-refractivity contribution in [2.45, 2.75) is 26.4 Å². The first-order chi connectivity index (χ1) is 13.8. The van der Waals surface area contributed by atoms with E-state index in [0.29, 0.717) is 17.1 Å². The van der Waals surface area contributed by atoms with E-state index >= 15 is 0 Å². The van der Waals surface area contributed by atoms with E-state index in [0.717, 1.165) is 0 Å². The minimum absolute atomic E-state index is 0.0181. The molecule has 1 heterocycles. The van der Waals surface area contributed by atoms with Crippen molar-refractivity contribution in [2.24, 2.45) is 0 Å². The first-order valence-corrected chi connectivity index (χ1v) is 8.68. The van der Waals surface area contributed by atoms with Crippen molar-refractivity contribution in [3.63, 3.8) is 0 Å². The molecule has 0 radical (unpaired) electrons. The van der Waals surface area contributed by atoms with Crippen LogP contribution in [0.4, 0.5) is 5.69 Å². The van der Waals surface area contributed by atoms with E-state index in [2.05, 4.69) is 0 Å². The molecule has 0 saturated heterocycles. The average molecular weight is 399 g/mol. The van der Waals surface area contributed by atoms with Gasteiger partial charge in [0.1, 0.15) is 0 Å². The zero-order chi connectivity index (χ0) is 21.1. The van der Waals surface area contributed by atoms with Gasteiger partial charge in [0, 0.05) is 23.3 Å². The Morgan fingerprint density at radius 2 is 1.76 bits per heavy atom. The van der Waals surface area contributed by atoms with E-state index in [9.17, 15) is 24.5 Å². The second kappa shape index (κ2) is 8.09. The molecule has 0 aliphatic carbocycles. The molecule has 0 bridgehead atoms. The largest absolute Gasteiger partial charge is 0.454 e. The van der Waals surface area contributed by atoms with Crippen LogP contribution < -0.4 is 9.47 Å². The van der Waals surface area contributed by atoms with Crippen molar-refractivity contribution in [1.29, 1.82) is 0 Å². The van der Waals surface area contributed by atoms with Gasteiger partial charge < -0.3 is 14.2 Å². The van der Waals surface area contributed by atoms with Crippen molar-refractivity contribution in [1.82, 2.24) is 0 Å². The molecule has 0 amide bonds. The molecular weight excluding hydrogens is 382 g/mol. The van der Waals surface area contributed by atoms with Gasteiger partial charge >= 0.3 is 5.97 Å². The fourth-order valence-electron chi connectivity index (χ4n) is 2.71. The zero-order valence-corrected chi connectivity index (χ0v) is 15.7. The maximum atomic E-state index is 13.0. The molecule has 2 aromatic carbocycles. The van der Waals surface area contributed by atoms with Crippen molar-refractivity contribution in [3.05, 3.63) is 63.2 Å². The molecule has 9 heteroatoms. The van der Waals surface area contributed by atoms with Gasteiger partial charge in [-0.1, -0.05) is 0 Å². The Balaban J connectivity index is 1.92. The predicted octanol–water partition coefficient (Wildman–Crippen LogP) is 2.62. The molecule has 3 rings (SSSR count). The molecule has 0 aromatic heterocycles. The monoisotopic (exact) mass is 399 g/mol. The quantitative estimate of drug-likeness (QED) is 0.301. The molecule has 0 N–H and O–H groups in total. The topological polar surface area (TPSA) is 122 Å². The summed E-state index contributed by atoms with van der Waals surface area (Å²) in [5.74, 6) is -0.687. The maximum absolute atomic E-state index is 13.0. The molecule has 0 spiro atoms. The highest BCUT2D eigenvalue weighted by Gasteiger charge is 2.24. The molecule has 1 aliphatic rings. The van der Waals surface area contributed by atoms with Crippen LogP contribution in [0.1, 0.15) is 35.3 Å². The summed E-state index contributed by atoms with van der Waals surface area (Å²) in [6, 6.07) is 8.10. The third-order valence-electron chi connectivity index (χ3n) is 4.40. The van der Waals surface area contributed by atoms with Crippen molar-refractivity contribution in [2.75, 3.05) is 6.79 Å². The highest BCUT2D eigenvalue weighted by atomic mass is 16.7. The molecule has 9 nitrogen and oxygen atoms in total. The number of ether oxygens (including phenoxy) is 3. The second-order valence-corrected chi connectivity index (χ2v) is 6.42. The molecule has 0 fully saturated rings. The highest BCUT2D eigenvalue weighted by Crippen LogP contribution is 2.36. The minimum Gasteiger partial charge on any atom is -0.454 e. The van der Waals surface area contributed by atoms with E-state index in [1.54, 1.807) is 0 Å². The summed E-state index contributed by atoms with van der Waals surface area (Å²) in [5, 5.41) is 10.8. The summed E-state index contributed by atoms with van der Waals surface area (Å²) in [5.41, 5.74) is 0.573. The van der Waals surface area contributed by atoms with E-state index in [-0.39, 0.29) is 35.8 Å². The van der Waals surface area contributed by atoms with Gasteiger partial charge in [-0.05, 0) is 43.7 Å². The Kier molecular flexibility index (Phi) is 5.58. The highest BCUT2D eigenvalue weighted by molar-refractivity contribution is 6.10. The lowest BCUT2D eigenvalue weighted by atomic mass is 9.95. The van der Waals surface area contributed by atoms with Crippen molar-refractivity contribution in [3.8, 4) is 11.5 Å². The second-order valence-electron chi connectivity index (χ2n) is 6.42. The standard InChI is InChI=1S/C20H17NO8/c1-11(22)12(2)29-19(23)8-14-7-17-18(28-10-27-17)9-16(14)20(24)13-3-5-15(6-4-13)21(25)26/h3-7,9,12H,8,10H2,1-2H3. The van der Waals surface area contributed by atoms with E-state index in [1.807, 2.05) is 0 Å². The number of hydrogen-bond donors (Lipinski definition) is 0. The summed E-state index contributed by atoms with van der Waals surface area (Å²) < 4.78 is 15.7. The smallest absolute Gasteiger partial charge is 0.310 e. The molecule has 0 saturated carbocycles.